The molecule has 0 aliphatic heterocycles. The van der Waals surface area contributed by atoms with Gasteiger partial charge >= 0.3 is 0 Å². The van der Waals surface area contributed by atoms with Gasteiger partial charge in [-0.1, -0.05) is 26.6 Å². The van der Waals surface area contributed by atoms with Gasteiger partial charge in [0.05, 0.1) is 6.54 Å². The maximum Gasteiger partial charge on any atom is 0.176 e. The zero-order valence-electron chi connectivity index (χ0n) is 10.7. The fraction of sp³-hybridized carbons (Fsp3) is 0.538. The Kier molecular flexibility index (Phi) is 4.85. The molecule has 88 valence electrons. The normalized spacial score (nSPS) is 11.0. The van der Waals surface area contributed by atoms with E-state index in [2.05, 4.69) is 43.3 Å². The van der Waals surface area contributed by atoms with Gasteiger partial charge in [-0.05, 0) is 31.0 Å². The van der Waals surface area contributed by atoms with Gasteiger partial charge in [-0.15, -0.1) is 5.54 Å². The van der Waals surface area contributed by atoms with Crippen molar-refractivity contribution < 1.29 is 4.42 Å². The van der Waals surface area contributed by atoms with E-state index in [1.807, 2.05) is 12.1 Å². The molecule has 0 aliphatic rings. The second kappa shape index (κ2) is 5.93. The van der Waals surface area contributed by atoms with Crippen LogP contribution >= 0.6 is 0 Å². The van der Waals surface area contributed by atoms with Gasteiger partial charge in [0.25, 0.3) is 0 Å². The molecular formula is C13H21NOSi. The van der Waals surface area contributed by atoms with Crippen LogP contribution in [0, 0.1) is 11.5 Å². The molecule has 16 heavy (non-hydrogen) atoms. The highest BCUT2D eigenvalue weighted by Crippen LogP contribution is 2.07. The van der Waals surface area contributed by atoms with Crippen molar-refractivity contribution in [2.75, 3.05) is 6.54 Å². The van der Waals surface area contributed by atoms with Crippen LogP contribution in [0.1, 0.15) is 24.9 Å². The van der Waals surface area contributed by atoms with E-state index >= 15 is 0 Å². The molecule has 0 atom stereocenters. The third-order valence-electron chi connectivity index (χ3n) is 1.95. The van der Waals surface area contributed by atoms with Crippen LogP contribution < -0.4 is 5.32 Å². The Bertz CT molecular complexity index is 379. The first-order valence-electron chi connectivity index (χ1n) is 5.84. The molecular weight excluding hydrogens is 214 g/mol. The number of rotatable bonds is 4. The lowest BCUT2D eigenvalue weighted by molar-refractivity contribution is 0.475. The predicted molar refractivity (Wildman–Crippen MR) is 70.9 cm³/mol. The summed E-state index contributed by atoms with van der Waals surface area (Å²) >= 11 is 0. The lowest BCUT2D eigenvalue weighted by atomic mass is 10.4. The molecule has 0 saturated heterocycles. The van der Waals surface area contributed by atoms with E-state index in [9.17, 15) is 0 Å². The fourth-order valence-electron chi connectivity index (χ4n) is 1.18. The molecule has 0 unspecified atom stereocenters. The second-order valence-corrected chi connectivity index (χ2v) is 9.69. The molecule has 2 nitrogen and oxygen atoms in total. The Hall–Kier alpha value is -0.983. The van der Waals surface area contributed by atoms with Gasteiger partial charge in [0.2, 0.25) is 0 Å². The molecule has 0 aromatic carbocycles. The van der Waals surface area contributed by atoms with Crippen LogP contribution in [0.4, 0.5) is 0 Å². The van der Waals surface area contributed by atoms with Gasteiger partial charge < -0.3 is 9.73 Å². The summed E-state index contributed by atoms with van der Waals surface area (Å²) in [5.74, 6) is 4.87. The van der Waals surface area contributed by atoms with E-state index < -0.39 is 8.07 Å². The second-order valence-electron chi connectivity index (χ2n) is 4.94. The molecule has 0 fully saturated rings. The average Bonchev–Trinajstić information content (AvgIpc) is 2.62. The van der Waals surface area contributed by atoms with E-state index in [0.717, 1.165) is 31.0 Å². The number of hydrogen-bond acceptors (Lipinski definition) is 2. The van der Waals surface area contributed by atoms with E-state index in [-0.39, 0.29) is 0 Å². The minimum Gasteiger partial charge on any atom is -0.451 e. The van der Waals surface area contributed by atoms with Crippen LogP contribution in [-0.4, -0.2) is 14.6 Å². The topological polar surface area (TPSA) is 25.2 Å². The summed E-state index contributed by atoms with van der Waals surface area (Å²) < 4.78 is 5.61. The summed E-state index contributed by atoms with van der Waals surface area (Å²) in [4.78, 5) is 0. The largest absolute Gasteiger partial charge is 0.451 e. The van der Waals surface area contributed by atoms with Crippen LogP contribution in [0.5, 0.6) is 0 Å². The maximum absolute atomic E-state index is 5.61. The van der Waals surface area contributed by atoms with Crippen molar-refractivity contribution in [3.63, 3.8) is 0 Å². The Balaban J connectivity index is 2.54. The molecule has 3 heteroatoms. The van der Waals surface area contributed by atoms with Gasteiger partial charge in [0.15, 0.2) is 5.76 Å². The first-order valence-corrected chi connectivity index (χ1v) is 9.34. The monoisotopic (exact) mass is 235 g/mol. The van der Waals surface area contributed by atoms with E-state index in [1.165, 1.54) is 0 Å². The zero-order valence-corrected chi connectivity index (χ0v) is 11.7. The van der Waals surface area contributed by atoms with Crippen molar-refractivity contribution in [2.24, 2.45) is 0 Å². The molecule has 1 heterocycles. The number of nitrogens with one attached hydrogen (secondary N) is 1. The van der Waals surface area contributed by atoms with E-state index in [0.29, 0.717) is 0 Å². The van der Waals surface area contributed by atoms with Gasteiger partial charge in [-0.2, -0.15) is 0 Å². The Labute approximate surface area is 99.4 Å². The molecule has 0 bridgehead atoms. The lowest BCUT2D eigenvalue weighted by Gasteiger charge is -2.02. The zero-order chi connectivity index (χ0) is 12.0. The quantitative estimate of drug-likeness (QED) is 0.493. The first-order chi connectivity index (χ1) is 7.51. The minimum absolute atomic E-state index is 0.788. The summed E-state index contributed by atoms with van der Waals surface area (Å²) in [5, 5.41) is 3.30. The van der Waals surface area contributed by atoms with Gasteiger partial charge in [-0.25, -0.2) is 0 Å². The predicted octanol–water partition coefficient (Wildman–Crippen LogP) is 3.01. The fourth-order valence-corrected chi connectivity index (χ4v) is 1.68. The van der Waals surface area contributed by atoms with Crippen molar-refractivity contribution in [1.82, 2.24) is 5.32 Å². The van der Waals surface area contributed by atoms with Crippen molar-refractivity contribution in [1.29, 1.82) is 0 Å². The van der Waals surface area contributed by atoms with Crippen LogP contribution in [-0.2, 0) is 6.54 Å². The molecule has 1 rings (SSSR count). The smallest absolute Gasteiger partial charge is 0.176 e. The molecule has 0 aliphatic carbocycles. The average molecular weight is 235 g/mol. The summed E-state index contributed by atoms with van der Waals surface area (Å²) in [6, 6.07) is 3.95. The first kappa shape index (κ1) is 13.1. The van der Waals surface area contributed by atoms with Crippen LogP contribution in [0.3, 0.4) is 0 Å². The molecule has 0 radical (unpaired) electrons. The lowest BCUT2D eigenvalue weighted by Crippen LogP contribution is -2.16. The SMILES string of the molecule is CCCNCc1ccc(C#C[Si](C)(C)C)o1. The van der Waals surface area contributed by atoms with Crippen molar-refractivity contribution >= 4 is 8.07 Å². The number of hydrogen-bond donors (Lipinski definition) is 1. The minimum atomic E-state index is -1.30. The van der Waals surface area contributed by atoms with Crippen molar-refractivity contribution in [3.8, 4) is 11.5 Å². The Morgan fingerprint density at radius 1 is 1.31 bits per heavy atom. The Morgan fingerprint density at radius 3 is 2.69 bits per heavy atom. The summed E-state index contributed by atoms with van der Waals surface area (Å²) in [7, 11) is -1.30. The van der Waals surface area contributed by atoms with Crippen LogP contribution in [0.2, 0.25) is 19.6 Å². The maximum atomic E-state index is 5.61. The van der Waals surface area contributed by atoms with Crippen LogP contribution in [0.25, 0.3) is 0 Å². The molecule has 1 aromatic heterocycles. The van der Waals surface area contributed by atoms with E-state index in [4.69, 9.17) is 4.42 Å². The highest BCUT2D eigenvalue weighted by atomic mass is 28.3. The van der Waals surface area contributed by atoms with Gasteiger partial charge in [-0.3, -0.25) is 0 Å². The van der Waals surface area contributed by atoms with Crippen molar-refractivity contribution in [3.05, 3.63) is 23.7 Å². The summed E-state index contributed by atoms with van der Waals surface area (Å²) in [6.45, 7) is 10.7. The molecule has 0 saturated carbocycles. The molecule has 0 amide bonds. The third-order valence-corrected chi connectivity index (χ3v) is 2.82. The summed E-state index contributed by atoms with van der Waals surface area (Å²) in [6.07, 6.45) is 1.14. The summed E-state index contributed by atoms with van der Waals surface area (Å²) in [5.41, 5.74) is 3.29. The number of furan rings is 1. The molecule has 0 spiro atoms. The molecule has 1 aromatic rings. The highest BCUT2D eigenvalue weighted by Gasteiger charge is 2.08. The van der Waals surface area contributed by atoms with Gasteiger partial charge in [0, 0.05) is 0 Å². The van der Waals surface area contributed by atoms with Gasteiger partial charge in [0.1, 0.15) is 13.8 Å². The van der Waals surface area contributed by atoms with E-state index in [1.54, 1.807) is 0 Å². The molecule has 1 N–H and O–H groups in total. The Morgan fingerprint density at radius 2 is 2.06 bits per heavy atom. The third kappa shape index (κ3) is 5.20. The van der Waals surface area contributed by atoms with Crippen LogP contribution in [0.15, 0.2) is 16.5 Å². The van der Waals surface area contributed by atoms with Crippen molar-refractivity contribution in [2.45, 2.75) is 39.5 Å². The highest BCUT2D eigenvalue weighted by molar-refractivity contribution is 6.83. The standard InChI is InChI=1S/C13H21NOSi/c1-5-9-14-11-13-7-6-12(15-13)8-10-16(2,3)4/h6-7,14H,5,9,11H2,1-4H3.